The molecule has 1 aliphatic heterocycles. The van der Waals surface area contributed by atoms with Gasteiger partial charge in [-0.1, -0.05) is 62.8 Å². The summed E-state index contributed by atoms with van der Waals surface area (Å²) >= 11 is 0. The van der Waals surface area contributed by atoms with Crippen LogP contribution < -0.4 is 4.74 Å². The Balaban J connectivity index is 1.54. The molecule has 29 heavy (non-hydrogen) atoms. The molecule has 5 rings (SSSR count). The van der Waals surface area contributed by atoms with E-state index < -0.39 is 0 Å². The minimum atomic E-state index is 0.128. The normalized spacial score (nSPS) is 34.1. The predicted octanol–water partition coefficient (Wildman–Crippen LogP) is 6.71. The predicted molar refractivity (Wildman–Crippen MR) is 121 cm³/mol. The molecule has 3 atom stereocenters. The summed E-state index contributed by atoms with van der Waals surface area (Å²) in [5.74, 6) is 1.87. The zero-order chi connectivity index (χ0) is 19.9. The van der Waals surface area contributed by atoms with E-state index in [2.05, 4.69) is 54.5 Å². The number of allylic oxidation sites excluding steroid dienone is 1. The number of rotatable bonds is 3. The van der Waals surface area contributed by atoms with E-state index in [9.17, 15) is 0 Å². The quantitative estimate of drug-likeness (QED) is 0.531. The van der Waals surface area contributed by atoms with Gasteiger partial charge in [-0.3, -0.25) is 0 Å². The number of hydrogen-bond donors (Lipinski definition) is 0. The Morgan fingerprint density at radius 1 is 1.00 bits per heavy atom. The standard InChI is InChI=1S/C27H37NO/c1-21-26-14-7-8-15-27(26,25-19-24(29-2)12-11-23(25)13-16-26)17-18-28(21)20-22-9-5-3-4-6-10-22/h11-13,16-19,21-22H,3-10,14-15,20H2,1-2H3. The average molecular weight is 392 g/mol. The van der Waals surface area contributed by atoms with Crippen LogP contribution >= 0.6 is 0 Å². The molecule has 1 aromatic rings. The maximum atomic E-state index is 5.64. The van der Waals surface area contributed by atoms with E-state index in [0.29, 0.717) is 6.04 Å². The molecule has 4 aliphatic rings. The number of nitrogens with zero attached hydrogens (tertiary/aromatic N) is 1. The third kappa shape index (κ3) is 2.97. The monoisotopic (exact) mass is 391 g/mol. The molecule has 0 radical (unpaired) electrons. The van der Waals surface area contributed by atoms with Crippen molar-refractivity contribution in [1.29, 1.82) is 0 Å². The second kappa shape index (κ2) is 7.52. The van der Waals surface area contributed by atoms with Crippen LogP contribution in [0, 0.1) is 11.3 Å². The van der Waals surface area contributed by atoms with E-state index in [1.165, 1.54) is 81.9 Å². The summed E-state index contributed by atoms with van der Waals surface area (Å²) in [5.41, 5.74) is 3.22. The number of benzene rings is 1. The van der Waals surface area contributed by atoms with Crippen LogP contribution in [0.4, 0.5) is 0 Å². The first-order valence-corrected chi connectivity index (χ1v) is 12.0. The fourth-order valence-corrected chi connectivity index (χ4v) is 7.09. The average Bonchev–Trinajstić information content (AvgIpc) is 3.04. The molecule has 2 fully saturated rings. The van der Waals surface area contributed by atoms with Gasteiger partial charge in [0.1, 0.15) is 5.75 Å². The van der Waals surface area contributed by atoms with Crippen molar-refractivity contribution in [3.63, 3.8) is 0 Å². The highest BCUT2D eigenvalue weighted by molar-refractivity contribution is 5.66. The third-order valence-electron chi connectivity index (χ3n) is 8.78. The minimum Gasteiger partial charge on any atom is -0.497 e. The van der Waals surface area contributed by atoms with Crippen molar-refractivity contribution >= 4 is 6.08 Å². The van der Waals surface area contributed by atoms with E-state index in [-0.39, 0.29) is 10.8 Å². The Kier molecular flexibility index (Phi) is 5.00. The number of methoxy groups -OCH3 is 1. The smallest absolute Gasteiger partial charge is 0.119 e. The molecule has 1 heterocycles. The van der Waals surface area contributed by atoms with Crippen LogP contribution in [0.25, 0.3) is 6.08 Å². The summed E-state index contributed by atoms with van der Waals surface area (Å²) in [7, 11) is 1.79. The van der Waals surface area contributed by atoms with Gasteiger partial charge in [0.05, 0.1) is 7.11 Å². The molecule has 2 nitrogen and oxygen atoms in total. The summed E-state index contributed by atoms with van der Waals surface area (Å²) in [6.07, 6.45) is 23.9. The van der Waals surface area contributed by atoms with Gasteiger partial charge in [-0.25, -0.2) is 0 Å². The van der Waals surface area contributed by atoms with E-state index in [1.807, 2.05) is 0 Å². The number of ether oxygens (including phenoxy) is 1. The second-order valence-electron chi connectivity index (χ2n) is 10.1. The molecule has 0 amide bonds. The number of fused-ring (bicyclic) bond motifs is 1. The zero-order valence-corrected chi connectivity index (χ0v) is 18.3. The van der Waals surface area contributed by atoms with Crippen molar-refractivity contribution < 1.29 is 4.74 Å². The number of hydrogen-bond acceptors (Lipinski definition) is 2. The summed E-state index contributed by atoms with van der Waals surface area (Å²) in [5, 5.41) is 0. The van der Waals surface area contributed by atoms with Gasteiger partial charge in [0.15, 0.2) is 0 Å². The third-order valence-corrected chi connectivity index (χ3v) is 8.78. The molecule has 0 N–H and O–H groups in total. The lowest BCUT2D eigenvalue weighted by Gasteiger charge is -2.61. The van der Waals surface area contributed by atoms with Crippen LogP contribution in [0.1, 0.15) is 82.3 Å². The Hall–Kier alpha value is -1.70. The van der Waals surface area contributed by atoms with Gasteiger partial charge >= 0.3 is 0 Å². The lowest BCUT2D eigenvalue weighted by Crippen LogP contribution is -2.60. The van der Waals surface area contributed by atoms with Gasteiger partial charge in [0.25, 0.3) is 0 Å². The van der Waals surface area contributed by atoms with Crippen LogP contribution in [-0.4, -0.2) is 24.6 Å². The fourth-order valence-electron chi connectivity index (χ4n) is 7.09. The summed E-state index contributed by atoms with van der Waals surface area (Å²) in [4.78, 5) is 2.72. The zero-order valence-electron chi connectivity index (χ0n) is 18.3. The van der Waals surface area contributed by atoms with E-state index >= 15 is 0 Å². The van der Waals surface area contributed by atoms with Crippen LogP contribution in [0.2, 0.25) is 0 Å². The maximum Gasteiger partial charge on any atom is 0.119 e. The van der Waals surface area contributed by atoms with Crippen molar-refractivity contribution in [2.24, 2.45) is 11.3 Å². The van der Waals surface area contributed by atoms with Crippen molar-refractivity contribution in [3.8, 4) is 5.75 Å². The summed E-state index contributed by atoms with van der Waals surface area (Å²) in [6.45, 7) is 3.75. The first-order valence-electron chi connectivity index (χ1n) is 12.0. The van der Waals surface area contributed by atoms with Gasteiger partial charge in [-0.15, -0.1) is 0 Å². The van der Waals surface area contributed by atoms with Gasteiger partial charge in [0, 0.05) is 23.4 Å². The largest absolute Gasteiger partial charge is 0.497 e. The molecular formula is C27H37NO. The highest BCUT2D eigenvalue weighted by atomic mass is 16.5. The van der Waals surface area contributed by atoms with Crippen LogP contribution in [-0.2, 0) is 5.41 Å². The highest BCUT2D eigenvalue weighted by Gasteiger charge is 2.58. The van der Waals surface area contributed by atoms with Crippen LogP contribution in [0.5, 0.6) is 5.75 Å². The first-order chi connectivity index (χ1) is 14.2. The van der Waals surface area contributed by atoms with Crippen LogP contribution in [0.3, 0.4) is 0 Å². The Bertz CT molecular complexity index is 803. The molecule has 0 saturated heterocycles. The molecule has 2 heteroatoms. The lowest BCUT2D eigenvalue weighted by molar-refractivity contribution is 0.0250. The lowest BCUT2D eigenvalue weighted by atomic mass is 9.47. The van der Waals surface area contributed by atoms with Gasteiger partial charge < -0.3 is 9.64 Å². The maximum absolute atomic E-state index is 5.64. The molecule has 156 valence electrons. The first kappa shape index (κ1) is 19.3. The summed E-state index contributed by atoms with van der Waals surface area (Å²) < 4.78 is 5.64. The van der Waals surface area contributed by atoms with Crippen LogP contribution in [0.15, 0.2) is 36.6 Å². The Labute approximate surface area is 177 Å². The molecule has 0 bridgehead atoms. The second-order valence-corrected chi connectivity index (χ2v) is 10.1. The molecule has 1 aromatic carbocycles. The van der Waals surface area contributed by atoms with Crippen molar-refractivity contribution in [2.75, 3.05) is 13.7 Å². The Morgan fingerprint density at radius 3 is 2.59 bits per heavy atom. The summed E-state index contributed by atoms with van der Waals surface area (Å²) in [6, 6.07) is 7.25. The molecule has 0 spiro atoms. The van der Waals surface area contributed by atoms with E-state index in [0.717, 1.165) is 11.7 Å². The SMILES string of the molecule is COc1ccc2c(c1)C13C=CN(CC4CCCCCC4)C(C)C1(C=C2)CCCC3. The van der Waals surface area contributed by atoms with E-state index in [4.69, 9.17) is 4.74 Å². The van der Waals surface area contributed by atoms with Crippen molar-refractivity contribution in [1.82, 2.24) is 4.90 Å². The topological polar surface area (TPSA) is 12.5 Å². The molecule has 2 saturated carbocycles. The fraction of sp³-hybridized carbons (Fsp3) is 0.630. The molecule has 3 unspecified atom stereocenters. The van der Waals surface area contributed by atoms with Gasteiger partial charge in [0.2, 0.25) is 0 Å². The van der Waals surface area contributed by atoms with Gasteiger partial charge in [-0.05, 0) is 68.0 Å². The molecule has 0 aromatic heterocycles. The van der Waals surface area contributed by atoms with Gasteiger partial charge in [-0.2, -0.15) is 0 Å². The van der Waals surface area contributed by atoms with E-state index in [1.54, 1.807) is 7.11 Å². The molecular weight excluding hydrogens is 354 g/mol. The van der Waals surface area contributed by atoms with Crippen molar-refractivity contribution in [2.45, 2.75) is 82.6 Å². The molecule has 3 aliphatic carbocycles. The Morgan fingerprint density at radius 2 is 1.79 bits per heavy atom. The minimum absolute atomic E-state index is 0.128. The van der Waals surface area contributed by atoms with Crippen molar-refractivity contribution in [3.05, 3.63) is 47.7 Å². The highest BCUT2D eigenvalue weighted by Crippen LogP contribution is 2.62.